The van der Waals surface area contributed by atoms with Crippen LogP contribution in [0.2, 0.25) is 5.15 Å². The summed E-state index contributed by atoms with van der Waals surface area (Å²) in [6.07, 6.45) is 1.17. The molecule has 2 heterocycles. The first-order chi connectivity index (χ1) is 7.08. The van der Waals surface area contributed by atoms with Gasteiger partial charge in [-0.05, 0) is 23.3 Å². The Morgan fingerprint density at radius 1 is 1.47 bits per heavy atom. The zero-order chi connectivity index (χ0) is 10.6. The lowest BCUT2D eigenvalue weighted by Gasteiger charge is -2.03. The van der Waals surface area contributed by atoms with E-state index in [-0.39, 0.29) is 0 Å². The molecule has 0 radical (unpaired) electrons. The Morgan fingerprint density at radius 3 is 2.87 bits per heavy atom. The van der Waals surface area contributed by atoms with Gasteiger partial charge in [0.05, 0.1) is 0 Å². The number of hydrogen-bond donors (Lipinski definition) is 0. The maximum Gasteiger partial charge on any atom is 0.141 e. The molecule has 0 amide bonds. The fourth-order valence-corrected chi connectivity index (χ4v) is 2.96. The lowest BCUT2D eigenvalue weighted by Crippen LogP contribution is -1.97. The van der Waals surface area contributed by atoms with Gasteiger partial charge >= 0.3 is 0 Å². The second-order valence-corrected chi connectivity index (χ2v) is 6.01. The summed E-state index contributed by atoms with van der Waals surface area (Å²) in [5.74, 6) is 1.40. The quantitative estimate of drug-likeness (QED) is 0.705. The first-order valence-corrected chi connectivity index (χ1v) is 6.24. The van der Waals surface area contributed by atoms with Crippen molar-refractivity contribution in [1.29, 1.82) is 0 Å². The third-order valence-electron chi connectivity index (χ3n) is 3.12. The molecule has 1 saturated carbocycles. The molecule has 1 aliphatic carbocycles. The normalized spacial score (nSPS) is 23.3. The smallest absolute Gasteiger partial charge is 0.141 e. The van der Waals surface area contributed by atoms with E-state index in [4.69, 9.17) is 11.6 Å². The molecule has 2 nitrogen and oxygen atoms in total. The van der Waals surface area contributed by atoms with Crippen molar-refractivity contribution in [3.63, 3.8) is 0 Å². The van der Waals surface area contributed by atoms with Crippen molar-refractivity contribution in [2.24, 2.45) is 5.41 Å². The summed E-state index contributed by atoms with van der Waals surface area (Å²) in [4.78, 5) is 9.98. The number of hydrogen-bond acceptors (Lipinski definition) is 3. The highest BCUT2D eigenvalue weighted by Gasteiger charge is 2.48. The second-order valence-electron chi connectivity index (χ2n) is 4.76. The van der Waals surface area contributed by atoms with Crippen molar-refractivity contribution in [2.45, 2.75) is 26.2 Å². The molecule has 2 aromatic heterocycles. The lowest BCUT2D eigenvalue weighted by atomic mass is 10.1. The first kappa shape index (κ1) is 9.55. The second kappa shape index (κ2) is 2.92. The molecule has 0 aliphatic heterocycles. The zero-order valence-electron chi connectivity index (χ0n) is 8.62. The molecule has 15 heavy (non-hydrogen) atoms. The van der Waals surface area contributed by atoms with Crippen molar-refractivity contribution in [1.82, 2.24) is 9.97 Å². The van der Waals surface area contributed by atoms with Gasteiger partial charge in [0.1, 0.15) is 15.8 Å². The number of rotatable bonds is 1. The van der Waals surface area contributed by atoms with E-state index in [9.17, 15) is 0 Å². The van der Waals surface area contributed by atoms with Crippen molar-refractivity contribution in [3.8, 4) is 0 Å². The number of thiophene rings is 1. The monoisotopic (exact) mass is 238 g/mol. The van der Waals surface area contributed by atoms with Crippen LogP contribution in [0, 0.1) is 5.41 Å². The van der Waals surface area contributed by atoms with Crippen LogP contribution in [0.15, 0.2) is 11.4 Å². The van der Waals surface area contributed by atoms with Crippen LogP contribution in [0.5, 0.6) is 0 Å². The van der Waals surface area contributed by atoms with Crippen LogP contribution < -0.4 is 0 Å². The summed E-state index contributed by atoms with van der Waals surface area (Å²) >= 11 is 7.75. The Kier molecular flexibility index (Phi) is 1.86. The highest BCUT2D eigenvalue weighted by atomic mass is 35.5. The lowest BCUT2D eigenvalue weighted by molar-refractivity contribution is 0.609. The van der Waals surface area contributed by atoms with Gasteiger partial charge in [0.25, 0.3) is 0 Å². The standard InChI is InChI=1S/C11H11ClN2S/c1-11(2)5-7(11)9-13-8(12)6-3-4-15-10(6)14-9/h3-4,7H,5H2,1-2H3. The van der Waals surface area contributed by atoms with Gasteiger partial charge in [-0.15, -0.1) is 11.3 Å². The first-order valence-electron chi connectivity index (χ1n) is 4.98. The van der Waals surface area contributed by atoms with Crippen LogP contribution in [0.1, 0.15) is 32.0 Å². The minimum absolute atomic E-state index is 0.355. The maximum absolute atomic E-state index is 6.12. The molecule has 0 saturated heterocycles. The van der Waals surface area contributed by atoms with Gasteiger partial charge in [-0.3, -0.25) is 0 Å². The van der Waals surface area contributed by atoms with E-state index < -0.39 is 0 Å². The minimum atomic E-state index is 0.355. The predicted octanol–water partition coefficient (Wildman–Crippen LogP) is 3.86. The Hall–Kier alpha value is -0.670. The number of fused-ring (bicyclic) bond motifs is 1. The Labute approximate surface area is 97.3 Å². The fraction of sp³-hybridized carbons (Fsp3) is 0.455. The predicted molar refractivity (Wildman–Crippen MR) is 63.6 cm³/mol. The molecule has 1 atom stereocenters. The zero-order valence-corrected chi connectivity index (χ0v) is 10.2. The van der Waals surface area contributed by atoms with Gasteiger partial charge in [-0.2, -0.15) is 0 Å². The Bertz CT molecular complexity index is 532. The molecule has 0 N–H and O–H groups in total. The molecule has 78 valence electrons. The van der Waals surface area contributed by atoms with Crippen molar-refractivity contribution in [3.05, 3.63) is 22.4 Å². The molecule has 1 fully saturated rings. The summed E-state index contributed by atoms with van der Waals surface area (Å²) in [5, 5.41) is 3.58. The van der Waals surface area contributed by atoms with Crippen molar-refractivity contribution in [2.75, 3.05) is 0 Å². The Balaban J connectivity index is 2.13. The summed E-state index contributed by atoms with van der Waals surface area (Å²) in [6, 6.07) is 1.98. The van der Waals surface area contributed by atoms with Crippen molar-refractivity contribution >= 4 is 33.2 Å². The van der Waals surface area contributed by atoms with Gasteiger partial charge in [0, 0.05) is 11.3 Å². The molecule has 0 aromatic carbocycles. The summed E-state index contributed by atoms with van der Waals surface area (Å²) in [6.45, 7) is 4.49. The third kappa shape index (κ3) is 1.45. The van der Waals surface area contributed by atoms with Gasteiger partial charge in [0.2, 0.25) is 0 Å². The van der Waals surface area contributed by atoms with Crippen LogP contribution >= 0.6 is 22.9 Å². The van der Waals surface area contributed by atoms with Gasteiger partial charge < -0.3 is 0 Å². The molecule has 1 aliphatic rings. The van der Waals surface area contributed by atoms with Crippen molar-refractivity contribution < 1.29 is 0 Å². The fourth-order valence-electron chi connectivity index (χ4n) is 1.90. The van der Waals surface area contributed by atoms with Crippen LogP contribution in [-0.2, 0) is 0 Å². The number of halogens is 1. The average Bonchev–Trinajstić information content (AvgIpc) is 2.63. The molecule has 1 unspecified atom stereocenters. The molecular formula is C11H11ClN2S. The van der Waals surface area contributed by atoms with Crippen LogP contribution in [0.25, 0.3) is 10.2 Å². The van der Waals surface area contributed by atoms with E-state index in [1.807, 2.05) is 11.4 Å². The Morgan fingerprint density at radius 2 is 2.20 bits per heavy atom. The molecule has 0 spiro atoms. The molecule has 3 rings (SSSR count). The van der Waals surface area contributed by atoms with Crippen LogP contribution in [0.3, 0.4) is 0 Å². The molecule has 4 heteroatoms. The molecular weight excluding hydrogens is 228 g/mol. The highest BCUT2D eigenvalue weighted by Crippen LogP contribution is 2.57. The average molecular weight is 239 g/mol. The molecule has 2 aromatic rings. The molecule has 0 bridgehead atoms. The maximum atomic E-state index is 6.12. The van der Waals surface area contributed by atoms with Gasteiger partial charge in [-0.1, -0.05) is 25.4 Å². The topological polar surface area (TPSA) is 25.8 Å². The van der Waals surface area contributed by atoms with Gasteiger partial charge in [0.15, 0.2) is 0 Å². The number of aromatic nitrogens is 2. The number of nitrogens with zero attached hydrogens (tertiary/aromatic N) is 2. The van der Waals surface area contributed by atoms with Gasteiger partial charge in [-0.25, -0.2) is 9.97 Å². The van der Waals surface area contributed by atoms with E-state index >= 15 is 0 Å². The largest absolute Gasteiger partial charge is 0.222 e. The summed E-state index contributed by atoms with van der Waals surface area (Å²) in [5.41, 5.74) is 0.355. The van der Waals surface area contributed by atoms with E-state index in [1.165, 1.54) is 6.42 Å². The van der Waals surface area contributed by atoms with E-state index in [1.54, 1.807) is 11.3 Å². The third-order valence-corrected chi connectivity index (χ3v) is 4.22. The van der Waals surface area contributed by atoms with E-state index in [0.29, 0.717) is 16.5 Å². The van der Waals surface area contributed by atoms with Crippen LogP contribution in [0.4, 0.5) is 0 Å². The van der Waals surface area contributed by atoms with E-state index in [0.717, 1.165) is 16.0 Å². The van der Waals surface area contributed by atoms with Crippen LogP contribution in [-0.4, -0.2) is 9.97 Å². The summed E-state index contributed by atoms with van der Waals surface area (Å²) in [7, 11) is 0. The van der Waals surface area contributed by atoms with E-state index in [2.05, 4.69) is 23.8 Å². The summed E-state index contributed by atoms with van der Waals surface area (Å²) < 4.78 is 0. The minimum Gasteiger partial charge on any atom is -0.222 e. The highest BCUT2D eigenvalue weighted by molar-refractivity contribution is 7.16. The SMILES string of the molecule is CC1(C)CC1c1nc(Cl)c2ccsc2n1.